The van der Waals surface area contributed by atoms with Crippen LogP contribution in [0.25, 0.3) is 5.69 Å². The molecule has 0 spiro atoms. The van der Waals surface area contributed by atoms with Gasteiger partial charge in [-0.15, -0.1) is 0 Å². The highest BCUT2D eigenvalue weighted by atomic mass is 35.5. The summed E-state index contributed by atoms with van der Waals surface area (Å²) < 4.78 is 1.54. The Bertz CT molecular complexity index is 826. The van der Waals surface area contributed by atoms with Gasteiger partial charge in [0.15, 0.2) is 5.69 Å². The molecule has 0 radical (unpaired) electrons. The van der Waals surface area contributed by atoms with Crippen LogP contribution in [-0.2, 0) is 0 Å². The van der Waals surface area contributed by atoms with Gasteiger partial charge in [-0.1, -0.05) is 17.7 Å². The summed E-state index contributed by atoms with van der Waals surface area (Å²) in [7, 11) is 0. The molecule has 3 rings (SSSR count). The quantitative estimate of drug-likeness (QED) is 0.898. The second-order valence-electron chi connectivity index (χ2n) is 5.91. The van der Waals surface area contributed by atoms with Crippen molar-refractivity contribution in [1.82, 2.24) is 14.7 Å². The topological polar surface area (TPSA) is 75.4 Å². The summed E-state index contributed by atoms with van der Waals surface area (Å²) >= 11 is 6.01. The molecule has 1 saturated heterocycles. The highest BCUT2D eigenvalue weighted by Crippen LogP contribution is 2.16. The molecule has 1 aliphatic rings. The van der Waals surface area contributed by atoms with Gasteiger partial charge in [0.1, 0.15) is 0 Å². The monoisotopic (exact) mass is 347 g/mol. The Morgan fingerprint density at radius 1 is 1.29 bits per heavy atom. The van der Waals surface area contributed by atoms with Crippen LogP contribution in [0.4, 0.5) is 0 Å². The molecular weight excluding hydrogens is 330 g/mol. The van der Waals surface area contributed by atoms with E-state index in [9.17, 15) is 14.7 Å². The first-order chi connectivity index (χ1) is 11.5. The Balaban J connectivity index is 1.98. The van der Waals surface area contributed by atoms with Gasteiger partial charge >= 0.3 is 0 Å². The first-order valence-electron chi connectivity index (χ1n) is 7.80. The van der Waals surface area contributed by atoms with Crippen LogP contribution in [0.3, 0.4) is 0 Å². The number of piperidine rings is 1. The van der Waals surface area contributed by atoms with Crippen molar-refractivity contribution in [1.29, 1.82) is 0 Å². The summed E-state index contributed by atoms with van der Waals surface area (Å²) in [6.45, 7) is 2.60. The maximum Gasteiger partial charge on any atom is 0.278 e. The summed E-state index contributed by atoms with van der Waals surface area (Å²) in [5.41, 5.74) is 0.787. The molecule has 1 fully saturated rings. The van der Waals surface area contributed by atoms with Crippen LogP contribution in [0, 0.1) is 6.92 Å². The molecular formula is C17H18ClN3O3. The predicted molar refractivity (Wildman–Crippen MR) is 90.7 cm³/mol. The number of hydrogen-bond donors (Lipinski definition) is 1. The lowest BCUT2D eigenvalue weighted by Gasteiger charge is -2.29. The lowest BCUT2D eigenvalue weighted by molar-refractivity contribution is 0.0538. The number of benzene rings is 1. The molecule has 1 amide bonds. The molecule has 1 aliphatic heterocycles. The van der Waals surface area contributed by atoms with Crippen molar-refractivity contribution in [3.05, 3.63) is 57.0 Å². The van der Waals surface area contributed by atoms with E-state index >= 15 is 0 Å². The lowest BCUT2D eigenvalue weighted by Crippen LogP contribution is -2.42. The van der Waals surface area contributed by atoms with Crippen molar-refractivity contribution in [3.8, 4) is 5.69 Å². The molecule has 0 saturated carbocycles. The summed E-state index contributed by atoms with van der Waals surface area (Å²) in [6.07, 6.45) is 0.642. The van der Waals surface area contributed by atoms with E-state index in [1.165, 1.54) is 6.07 Å². The van der Waals surface area contributed by atoms with Gasteiger partial charge in [-0.3, -0.25) is 9.59 Å². The minimum absolute atomic E-state index is 0.114. The van der Waals surface area contributed by atoms with E-state index in [4.69, 9.17) is 11.6 Å². The number of hydrogen-bond acceptors (Lipinski definition) is 4. The van der Waals surface area contributed by atoms with Crippen LogP contribution in [0.1, 0.15) is 29.0 Å². The zero-order chi connectivity index (χ0) is 17.3. The third-order valence-electron chi connectivity index (χ3n) is 4.11. The standard InChI is InChI=1S/C17H18ClN3O3/c1-11-9-15(23)16(17(24)20-7-5-14(22)6-8-20)19-21(11)13-4-2-3-12(18)10-13/h2-4,9-10,14,22H,5-8H2,1H3. The third-order valence-corrected chi connectivity index (χ3v) is 4.35. The van der Waals surface area contributed by atoms with E-state index in [1.807, 2.05) is 6.07 Å². The zero-order valence-corrected chi connectivity index (χ0v) is 14.0. The average molecular weight is 348 g/mol. The Labute approximate surface area is 144 Å². The van der Waals surface area contributed by atoms with Crippen molar-refractivity contribution < 1.29 is 9.90 Å². The van der Waals surface area contributed by atoms with Gasteiger partial charge in [-0.05, 0) is 38.0 Å². The molecule has 7 heteroatoms. The fourth-order valence-electron chi connectivity index (χ4n) is 2.78. The van der Waals surface area contributed by atoms with E-state index in [2.05, 4.69) is 5.10 Å². The minimum Gasteiger partial charge on any atom is -0.393 e. The Morgan fingerprint density at radius 3 is 2.67 bits per heavy atom. The Hall–Kier alpha value is -2.18. The molecule has 2 heterocycles. The van der Waals surface area contributed by atoms with E-state index in [1.54, 1.807) is 34.7 Å². The van der Waals surface area contributed by atoms with Crippen LogP contribution < -0.4 is 5.43 Å². The van der Waals surface area contributed by atoms with Crippen molar-refractivity contribution in [2.24, 2.45) is 0 Å². The first-order valence-corrected chi connectivity index (χ1v) is 8.18. The van der Waals surface area contributed by atoms with E-state index in [-0.39, 0.29) is 11.8 Å². The second-order valence-corrected chi connectivity index (χ2v) is 6.35. The van der Waals surface area contributed by atoms with Crippen molar-refractivity contribution >= 4 is 17.5 Å². The smallest absolute Gasteiger partial charge is 0.278 e. The summed E-state index contributed by atoms with van der Waals surface area (Å²) in [5, 5.41) is 14.4. The minimum atomic E-state index is -0.401. The normalized spacial score (nSPS) is 15.5. The van der Waals surface area contributed by atoms with Gasteiger partial charge in [0.05, 0.1) is 11.8 Å². The van der Waals surface area contributed by atoms with E-state index in [0.717, 1.165) is 0 Å². The zero-order valence-electron chi connectivity index (χ0n) is 13.3. The Morgan fingerprint density at radius 2 is 2.00 bits per heavy atom. The van der Waals surface area contributed by atoms with Crippen molar-refractivity contribution in [3.63, 3.8) is 0 Å². The fourth-order valence-corrected chi connectivity index (χ4v) is 2.97. The number of carbonyl (C=O) groups excluding carboxylic acids is 1. The highest BCUT2D eigenvalue weighted by Gasteiger charge is 2.25. The predicted octanol–water partition coefficient (Wildman–Crippen LogP) is 1.79. The number of halogens is 1. The highest BCUT2D eigenvalue weighted by molar-refractivity contribution is 6.30. The number of nitrogens with zero attached hydrogens (tertiary/aromatic N) is 3. The van der Waals surface area contributed by atoms with Crippen LogP contribution in [0.15, 0.2) is 35.1 Å². The summed E-state index contributed by atoms with van der Waals surface area (Å²) in [6, 6.07) is 8.46. The molecule has 24 heavy (non-hydrogen) atoms. The van der Waals surface area contributed by atoms with Gasteiger partial charge in [-0.25, -0.2) is 4.68 Å². The van der Waals surface area contributed by atoms with Gasteiger partial charge in [0, 0.05) is 29.9 Å². The number of carbonyl (C=O) groups is 1. The van der Waals surface area contributed by atoms with E-state index in [0.29, 0.717) is 42.3 Å². The number of aliphatic hydroxyl groups excluding tert-OH is 1. The van der Waals surface area contributed by atoms with Crippen molar-refractivity contribution in [2.75, 3.05) is 13.1 Å². The Kier molecular flexibility index (Phi) is 4.69. The third kappa shape index (κ3) is 3.34. The average Bonchev–Trinajstić information content (AvgIpc) is 2.55. The number of amides is 1. The molecule has 0 bridgehead atoms. The number of likely N-dealkylation sites (tertiary alicyclic amines) is 1. The molecule has 2 aromatic rings. The van der Waals surface area contributed by atoms with Gasteiger partial charge < -0.3 is 10.0 Å². The van der Waals surface area contributed by atoms with Crippen molar-refractivity contribution in [2.45, 2.75) is 25.9 Å². The van der Waals surface area contributed by atoms with Gasteiger partial charge in [0.2, 0.25) is 5.43 Å². The summed E-state index contributed by atoms with van der Waals surface area (Å²) in [5.74, 6) is -0.400. The molecule has 1 N–H and O–H groups in total. The maximum absolute atomic E-state index is 12.6. The largest absolute Gasteiger partial charge is 0.393 e. The van der Waals surface area contributed by atoms with Crippen LogP contribution in [-0.4, -0.2) is 44.9 Å². The van der Waals surface area contributed by atoms with Crippen LogP contribution in [0.2, 0.25) is 5.02 Å². The molecule has 0 atom stereocenters. The molecule has 126 valence electrons. The van der Waals surface area contributed by atoms with Crippen LogP contribution >= 0.6 is 11.6 Å². The molecule has 6 nitrogen and oxygen atoms in total. The van der Waals surface area contributed by atoms with E-state index < -0.39 is 11.3 Å². The SMILES string of the molecule is Cc1cc(=O)c(C(=O)N2CCC(O)CC2)nn1-c1cccc(Cl)c1. The number of aliphatic hydroxyl groups is 1. The number of aromatic nitrogens is 2. The van der Waals surface area contributed by atoms with Gasteiger partial charge in [-0.2, -0.15) is 5.10 Å². The molecule has 1 aromatic heterocycles. The second kappa shape index (κ2) is 6.75. The lowest BCUT2D eigenvalue weighted by atomic mass is 10.1. The first kappa shape index (κ1) is 16.7. The molecule has 0 aliphatic carbocycles. The molecule has 1 aromatic carbocycles. The van der Waals surface area contributed by atoms with Crippen LogP contribution in [0.5, 0.6) is 0 Å². The number of aryl methyl sites for hydroxylation is 1. The number of rotatable bonds is 2. The summed E-state index contributed by atoms with van der Waals surface area (Å²) in [4.78, 5) is 26.4. The van der Waals surface area contributed by atoms with Gasteiger partial charge in [0.25, 0.3) is 5.91 Å². The maximum atomic E-state index is 12.6. The molecule has 0 unspecified atom stereocenters. The fraction of sp³-hybridized carbons (Fsp3) is 0.353.